The summed E-state index contributed by atoms with van der Waals surface area (Å²) in [4.78, 5) is 14.5. The van der Waals surface area contributed by atoms with Gasteiger partial charge >= 0.3 is 0 Å². The van der Waals surface area contributed by atoms with Crippen LogP contribution in [0.3, 0.4) is 0 Å². The summed E-state index contributed by atoms with van der Waals surface area (Å²) in [5.41, 5.74) is 1.21. The Balaban J connectivity index is 0.00000128. The monoisotopic (exact) mass is 278 g/mol. The predicted molar refractivity (Wildman–Crippen MR) is 86.9 cm³/mol. The van der Waals surface area contributed by atoms with E-state index in [4.69, 9.17) is 0 Å². The number of carbonyl (C=O) groups excluding carboxylic acids is 1. The molecule has 1 aliphatic heterocycles. The number of nitrogens with zero attached hydrogens (tertiary/aromatic N) is 1. The molecule has 1 saturated heterocycles. The van der Waals surface area contributed by atoms with Crippen LogP contribution in [0.2, 0.25) is 0 Å². The third-order valence-corrected chi connectivity index (χ3v) is 3.77. The first-order chi connectivity index (χ1) is 9.72. The highest BCUT2D eigenvalue weighted by Crippen LogP contribution is 2.18. The molecule has 2 atom stereocenters. The lowest BCUT2D eigenvalue weighted by molar-refractivity contribution is -0.133. The van der Waals surface area contributed by atoms with Gasteiger partial charge in [0.1, 0.15) is 0 Å². The van der Waals surface area contributed by atoms with Gasteiger partial charge < -0.3 is 10.2 Å². The number of benzene rings is 1. The van der Waals surface area contributed by atoms with E-state index in [2.05, 4.69) is 24.4 Å². The van der Waals surface area contributed by atoms with Gasteiger partial charge in [0.05, 0.1) is 6.04 Å². The fraction of sp³-hybridized carbons (Fsp3) is 0.588. The summed E-state index contributed by atoms with van der Waals surface area (Å²) in [6.07, 6.45) is 3.03. The predicted octanol–water partition coefficient (Wildman–Crippen LogP) is 3.10. The number of hydrogen-bond acceptors (Lipinski definition) is 2. The molecule has 0 spiro atoms. The lowest BCUT2D eigenvalue weighted by Gasteiger charge is -2.26. The average molecular weight is 278 g/mol. The largest absolute Gasteiger partial charge is 0.339 e. The lowest BCUT2D eigenvalue weighted by Crippen LogP contribution is -2.47. The van der Waals surface area contributed by atoms with Crippen molar-refractivity contribution in [3.63, 3.8) is 0 Å². The van der Waals surface area contributed by atoms with Gasteiger partial charge in [-0.2, -0.15) is 0 Å². The van der Waals surface area contributed by atoms with Crippen LogP contribution in [0.4, 0.5) is 0 Å². The highest BCUT2D eigenvalue weighted by Gasteiger charge is 2.29. The van der Waals surface area contributed by atoms with Crippen molar-refractivity contribution in [2.45, 2.75) is 52.1 Å². The molecule has 0 aliphatic carbocycles. The van der Waals surface area contributed by atoms with E-state index in [9.17, 15) is 4.79 Å². The zero-order chi connectivity index (χ0) is 15.0. The first-order valence-corrected chi connectivity index (χ1v) is 7.74. The van der Waals surface area contributed by atoms with Crippen LogP contribution in [-0.4, -0.2) is 36.5 Å². The van der Waals surface area contributed by atoms with Crippen LogP contribution < -0.4 is 5.32 Å². The molecule has 0 bridgehead atoms. The zero-order valence-corrected chi connectivity index (χ0v) is 13.2. The van der Waals surface area contributed by atoms with E-state index in [1.165, 1.54) is 5.56 Å². The van der Waals surface area contributed by atoms with Gasteiger partial charge in [-0.3, -0.25) is 4.79 Å². The minimum atomic E-state index is -0.104. The van der Waals surface area contributed by atoms with Gasteiger partial charge in [-0.05, 0) is 38.8 Å². The van der Waals surface area contributed by atoms with Gasteiger partial charge in [-0.1, -0.05) is 44.2 Å². The van der Waals surface area contributed by atoms with Crippen LogP contribution in [0.15, 0.2) is 30.3 Å². The number of likely N-dealkylation sites (N-methyl/N-ethyl adjacent to an activating group) is 1. The Labute approximate surface area is 124 Å². The molecular formula is C17H30N2O. The van der Waals surface area contributed by atoms with Gasteiger partial charge in [-0.25, -0.2) is 0 Å². The minimum Gasteiger partial charge on any atom is -0.339 e. The van der Waals surface area contributed by atoms with E-state index < -0.39 is 0 Å². The van der Waals surface area contributed by atoms with Crippen LogP contribution in [0, 0.1) is 0 Å². The Kier molecular flexibility index (Phi) is 7.31. The summed E-state index contributed by atoms with van der Waals surface area (Å²) in [5.74, 6) is 0.242. The van der Waals surface area contributed by atoms with Crippen molar-refractivity contribution < 1.29 is 6.22 Å². The Morgan fingerprint density at radius 1 is 1.40 bits per heavy atom. The maximum atomic E-state index is 12.5. The van der Waals surface area contributed by atoms with E-state index in [-0.39, 0.29) is 13.4 Å². The summed E-state index contributed by atoms with van der Waals surface area (Å²) in [7, 11) is 1.87. The topological polar surface area (TPSA) is 32.3 Å². The third-order valence-electron chi connectivity index (χ3n) is 3.77. The summed E-state index contributed by atoms with van der Waals surface area (Å²) in [6.45, 7) is 7.05. The number of carbonyl (C=O) groups is 1. The molecule has 0 saturated carbocycles. The number of likely N-dealkylation sites (tertiary alicyclic amines) is 1. The minimum absolute atomic E-state index is 0. The van der Waals surface area contributed by atoms with Crippen molar-refractivity contribution in [2.24, 2.45) is 0 Å². The summed E-state index contributed by atoms with van der Waals surface area (Å²) < 4.78 is 0. The number of nitrogens with one attached hydrogen (secondary N) is 1. The second kappa shape index (κ2) is 8.75. The molecule has 1 aliphatic rings. The third kappa shape index (κ3) is 4.34. The Morgan fingerprint density at radius 3 is 2.55 bits per heavy atom. The highest BCUT2D eigenvalue weighted by atomic mass is 16.2. The fourth-order valence-corrected chi connectivity index (χ4v) is 2.62. The number of hydrogen-bond donors (Lipinski definition) is 1. The molecule has 2 rings (SSSR count). The van der Waals surface area contributed by atoms with E-state index in [0.29, 0.717) is 6.04 Å². The molecular weight excluding hydrogens is 248 g/mol. The van der Waals surface area contributed by atoms with Crippen molar-refractivity contribution >= 4 is 5.91 Å². The molecule has 2 unspecified atom stereocenters. The molecule has 1 fully saturated rings. The quantitative estimate of drug-likeness (QED) is 0.918. The maximum absolute atomic E-state index is 12.5. The fourth-order valence-electron chi connectivity index (χ4n) is 2.62. The van der Waals surface area contributed by atoms with Crippen molar-refractivity contribution in [3.8, 4) is 0 Å². The van der Waals surface area contributed by atoms with Crippen molar-refractivity contribution in [1.82, 2.24) is 10.2 Å². The molecule has 1 amide bonds. The van der Waals surface area contributed by atoms with Crippen LogP contribution in [-0.2, 0) is 11.2 Å². The van der Waals surface area contributed by atoms with Gasteiger partial charge in [0.25, 0.3) is 0 Å². The summed E-state index contributed by atoms with van der Waals surface area (Å²) >= 11 is 0. The molecule has 1 aromatic carbocycles. The van der Waals surface area contributed by atoms with Gasteiger partial charge in [-0.15, -0.1) is 0 Å². The Hall–Kier alpha value is -1.35. The first kappa shape index (κ1) is 16.7. The Bertz CT molecular complexity index is 397. The molecule has 20 heavy (non-hydrogen) atoms. The zero-order valence-electron chi connectivity index (χ0n) is 13.2. The van der Waals surface area contributed by atoms with Crippen molar-refractivity contribution in [2.75, 3.05) is 13.6 Å². The van der Waals surface area contributed by atoms with Crippen molar-refractivity contribution in [1.29, 1.82) is 0 Å². The molecule has 1 heterocycles. The van der Waals surface area contributed by atoms with Gasteiger partial charge in [0, 0.05) is 14.0 Å². The number of amides is 1. The van der Waals surface area contributed by atoms with Crippen LogP contribution in [0.1, 0.15) is 40.6 Å². The molecule has 1 N–H and O–H groups in total. The molecule has 0 aromatic heterocycles. The second-order valence-electron chi connectivity index (χ2n) is 5.05. The van der Waals surface area contributed by atoms with Gasteiger partial charge in [0.2, 0.25) is 5.91 Å². The van der Waals surface area contributed by atoms with Crippen molar-refractivity contribution in [3.05, 3.63) is 35.9 Å². The van der Waals surface area contributed by atoms with Crippen LogP contribution in [0.5, 0.6) is 0 Å². The van der Waals surface area contributed by atoms with Crippen LogP contribution in [0.25, 0.3) is 0 Å². The van der Waals surface area contributed by atoms with Crippen LogP contribution >= 0.6 is 0 Å². The molecule has 3 nitrogen and oxygen atoms in total. The van der Waals surface area contributed by atoms with Gasteiger partial charge in [0.15, 0.2) is 0 Å². The summed E-state index contributed by atoms with van der Waals surface area (Å²) in [5, 5.41) is 3.16. The molecule has 114 valence electrons. The normalized spacial score (nSPS) is 19.2. The molecule has 3 heteroatoms. The van der Waals surface area contributed by atoms with E-state index in [0.717, 1.165) is 25.8 Å². The van der Waals surface area contributed by atoms with E-state index in [1.54, 1.807) is 0 Å². The molecule has 0 radical (unpaired) electrons. The molecule has 1 aromatic rings. The standard InChI is InChI=1S/C15H22N2O.C2H6.H2/c1-12-7-6-10-17(12)15(18)14(16-2)11-13-8-4-3-5-9-13;1-2;/h3-5,8-9,12,14,16H,6-7,10-11H2,1-2H3;1-2H3;1H. The SMILES string of the molecule is CC.CNC(Cc1ccccc1)C(=O)N1CCCC1C.[HH]. The second-order valence-corrected chi connectivity index (χ2v) is 5.05. The number of rotatable bonds is 4. The Morgan fingerprint density at radius 2 is 2.05 bits per heavy atom. The maximum Gasteiger partial charge on any atom is 0.240 e. The van der Waals surface area contributed by atoms with E-state index in [1.807, 2.05) is 44.0 Å². The lowest BCUT2D eigenvalue weighted by atomic mass is 10.0. The smallest absolute Gasteiger partial charge is 0.240 e. The summed E-state index contributed by atoms with van der Waals surface area (Å²) in [6, 6.07) is 10.5. The first-order valence-electron chi connectivity index (χ1n) is 7.74. The average Bonchev–Trinajstić information content (AvgIpc) is 2.93. The van der Waals surface area contributed by atoms with E-state index >= 15 is 0 Å². The highest BCUT2D eigenvalue weighted by molar-refractivity contribution is 5.82.